The third-order valence-corrected chi connectivity index (χ3v) is 3.11. The largest absolute Gasteiger partial charge is 0.409 e. The van der Waals surface area contributed by atoms with Gasteiger partial charge in [0.2, 0.25) is 0 Å². The molecular weight excluding hydrogens is 254 g/mol. The van der Waals surface area contributed by atoms with E-state index in [2.05, 4.69) is 19.7 Å². The molecule has 0 aliphatic rings. The summed E-state index contributed by atoms with van der Waals surface area (Å²) in [5.41, 5.74) is 7.33. The maximum atomic E-state index is 8.70. The molecule has 0 radical (unpaired) electrons. The van der Waals surface area contributed by atoms with Gasteiger partial charge in [-0.3, -0.25) is 0 Å². The predicted octanol–water partition coefficient (Wildman–Crippen LogP) is 1.57. The van der Waals surface area contributed by atoms with Crippen molar-refractivity contribution in [1.82, 2.24) is 14.5 Å². The van der Waals surface area contributed by atoms with Gasteiger partial charge in [0, 0.05) is 35.1 Å². The maximum absolute atomic E-state index is 8.70. The average Bonchev–Trinajstić information content (AvgIpc) is 2.90. The average molecular weight is 267 g/mol. The van der Waals surface area contributed by atoms with Crippen LogP contribution < -0.4 is 5.73 Å². The molecule has 0 spiro atoms. The van der Waals surface area contributed by atoms with Gasteiger partial charge in [-0.05, 0) is 30.3 Å². The molecule has 0 saturated heterocycles. The van der Waals surface area contributed by atoms with Crippen LogP contribution in [0.3, 0.4) is 0 Å². The summed E-state index contributed by atoms with van der Waals surface area (Å²) in [5, 5.41) is 12.7. The van der Waals surface area contributed by atoms with Crippen molar-refractivity contribution >= 4 is 16.7 Å². The van der Waals surface area contributed by atoms with E-state index in [4.69, 9.17) is 10.9 Å². The van der Waals surface area contributed by atoms with Crippen LogP contribution in [0.15, 0.2) is 54.1 Å². The van der Waals surface area contributed by atoms with Gasteiger partial charge in [-0.15, -0.1) is 0 Å². The van der Waals surface area contributed by atoms with Crippen molar-refractivity contribution in [3.63, 3.8) is 0 Å². The minimum Gasteiger partial charge on any atom is -0.409 e. The van der Waals surface area contributed by atoms with E-state index in [1.807, 2.05) is 30.5 Å². The van der Waals surface area contributed by atoms with E-state index in [9.17, 15) is 0 Å². The van der Waals surface area contributed by atoms with E-state index < -0.39 is 0 Å². The van der Waals surface area contributed by atoms with Crippen molar-refractivity contribution in [2.45, 2.75) is 6.54 Å². The third-order valence-electron chi connectivity index (χ3n) is 3.11. The molecular formula is C14H13N5O. The van der Waals surface area contributed by atoms with Crippen LogP contribution in [-0.4, -0.2) is 25.6 Å². The summed E-state index contributed by atoms with van der Waals surface area (Å²) in [6, 6.07) is 9.41. The molecule has 0 amide bonds. The van der Waals surface area contributed by atoms with Crippen LogP contribution >= 0.6 is 0 Å². The maximum Gasteiger partial charge on any atom is 0.170 e. The van der Waals surface area contributed by atoms with Gasteiger partial charge in [0.15, 0.2) is 5.84 Å². The zero-order valence-corrected chi connectivity index (χ0v) is 10.6. The Balaban J connectivity index is 1.98. The van der Waals surface area contributed by atoms with E-state index in [0.717, 1.165) is 16.7 Å². The van der Waals surface area contributed by atoms with Crippen LogP contribution in [-0.2, 0) is 6.54 Å². The van der Waals surface area contributed by atoms with Crippen molar-refractivity contribution in [3.8, 4) is 0 Å². The molecule has 100 valence electrons. The van der Waals surface area contributed by atoms with E-state index in [0.29, 0.717) is 12.1 Å². The van der Waals surface area contributed by atoms with Crippen molar-refractivity contribution < 1.29 is 5.21 Å². The number of hydrogen-bond acceptors (Lipinski definition) is 4. The number of amidine groups is 1. The van der Waals surface area contributed by atoms with Crippen molar-refractivity contribution in [2.24, 2.45) is 10.9 Å². The topological polar surface area (TPSA) is 89.3 Å². The molecule has 1 aromatic carbocycles. The van der Waals surface area contributed by atoms with Gasteiger partial charge in [-0.1, -0.05) is 5.16 Å². The summed E-state index contributed by atoms with van der Waals surface area (Å²) in [6.07, 6.45) is 5.42. The Morgan fingerprint density at radius 3 is 2.80 bits per heavy atom. The fraction of sp³-hybridized carbons (Fsp3) is 0.0714. The highest BCUT2D eigenvalue weighted by molar-refractivity contribution is 6.00. The molecule has 0 aliphatic carbocycles. The Kier molecular flexibility index (Phi) is 3.04. The first kappa shape index (κ1) is 12.2. The van der Waals surface area contributed by atoms with Crippen LogP contribution in [0.5, 0.6) is 0 Å². The zero-order valence-electron chi connectivity index (χ0n) is 10.6. The van der Waals surface area contributed by atoms with E-state index >= 15 is 0 Å². The Labute approximate surface area is 115 Å². The van der Waals surface area contributed by atoms with Crippen molar-refractivity contribution in [1.29, 1.82) is 0 Å². The molecule has 3 aromatic rings. The summed E-state index contributed by atoms with van der Waals surface area (Å²) in [7, 11) is 0. The monoisotopic (exact) mass is 267 g/mol. The number of aromatic nitrogens is 3. The van der Waals surface area contributed by atoms with Crippen LogP contribution in [0.25, 0.3) is 10.9 Å². The lowest BCUT2D eigenvalue weighted by molar-refractivity contribution is 0.318. The Morgan fingerprint density at radius 2 is 2.05 bits per heavy atom. The number of rotatable bonds is 3. The molecule has 20 heavy (non-hydrogen) atoms. The second kappa shape index (κ2) is 5.00. The number of benzene rings is 1. The fourth-order valence-electron chi connectivity index (χ4n) is 2.12. The first-order chi connectivity index (χ1) is 9.78. The standard InChI is InChI=1S/C14H13N5O/c15-14(18-20)11-2-3-12-10(8-11)4-7-19(12)9-13-16-5-1-6-17-13/h1-8,20H,9H2,(H2,15,18). The molecule has 6 heteroatoms. The Bertz CT molecular complexity index is 764. The molecule has 0 fully saturated rings. The van der Waals surface area contributed by atoms with Crippen LogP contribution in [0.2, 0.25) is 0 Å². The predicted molar refractivity (Wildman–Crippen MR) is 75.6 cm³/mol. The molecule has 6 nitrogen and oxygen atoms in total. The van der Waals surface area contributed by atoms with Gasteiger partial charge in [0.25, 0.3) is 0 Å². The van der Waals surface area contributed by atoms with Gasteiger partial charge >= 0.3 is 0 Å². The molecule has 2 aromatic heterocycles. The number of hydrogen-bond donors (Lipinski definition) is 2. The Hall–Kier alpha value is -2.89. The van der Waals surface area contributed by atoms with Gasteiger partial charge in [-0.2, -0.15) is 0 Å². The minimum absolute atomic E-state index is 0.103. The number of fused-ring (bicyclic) bond motifs is 1. The lowest BCUT2D eigenvalue weighted by Crippen LogP contribution is -2.12. The summed E-state index contributed by atoms with van der Waals surface area (Å²) in [6.45, 7) is 0.604. The van der Waals surface area contributed by atoms with E-state index in [-0.39, 0.29) is 5.84 Å². The van der Waals surface area contributed by atoms with Crippen LogP contribution in [0.1, 0.15) is 11.4 Å². The zero-order chi connectivity index (χ0) is 13.9. The highest BCUT2D eigenvalue weighted by Crippen LogP contribution is 2.18. The van der Waals surface area contributed by atoms with Gasteiger partial charge in [0.05, 0.1) is 6.54 Å². The lowest BCUT2D eigenvalue weighted by atomic mass is 10.1. The summed E-state index contributed by atoms with van der Waals surface area (Å²) in [4.78, 5) is 8.43. The fourth-order valence-corrected chi connectivity index (χ4v) is 2.12. The first-order valence-corrected chi connectivity index (χ1v) is 6.10. The van der Waals surface area contributed by atoms with Crippen LogP contribution in [0, 0.1) is 0 Å². The van der Waals surface area contributed by atoms with Gasteiger partial charge in [0.1, 0.15) is 5.82 Å². The smallest absolute Gasteiger partial charge is 0.170 e. The second-order valence-electron chi connectivity index (χ2n) is 4.37. The summed E-state index contributed by atoms with van der Waals surface area (Å²) >= 11 is 0. The molecule has 0 atom stereocenters. The molecule has 0 bridgehead atoms. The van der Waals surface area contributed by atoms with E-state index in [1.165, 1.54) is 0 Å². The van der Waals surface area contributed by atoms with Crippen molar-refractivity contribution in [3.05, 3.63) is 60.3 Å². The summed E-state index contributed by atoms with van der Waals surface area (Å²) < 4.78 is 2.06. The van der Waals surface area contributed by atoms with Crippen molar-refractivity contribution in [2.75, 3.05) is 0 Å². The molecule has 3 rings (SSSR count). The second-order valence-corrected chi connectivity index (χ2v) is 4.37. The van der Waals surface area contributed by atoms with Gasteiger partial charge in [-0.25, -0.2) is 9.97 Å². The Morgan fingerprint density at radius 1 is 1.25 bits per heavy atom. The first-order valence-electron chi connectivity index (χ1n) is 6.10. The number of oxime groups is 1. The lowest BCUT2D eigenvalue weighted by Gasteiger charge is -2.05. The molecule has 2 heterocycles. The molecule has 0 saturated carbocycles. The number of nitrogens with two attached hydrogens (primary N) is 1. The SMILES string of the molecule is N/C(=N/O)c1ccc2c(ccn2Cc2ncccn2)c1. The highest BCUT2D eigenvalue weighted by Gasteiger charge is 2.06. The molecule has 0 unspecified atom stereocenters. The quantitative estimate of drug-likeness (QED) is 0.326. The van der Waals surface area contributed by atoms with Crippen LogP contribution in [0.4, 0.5) is 0 Å². The normalized spacial score (nSPS) is 11.9. The van der Waals surface area contributed by atoms with Gasteiger partial charge < -0.3 is 15.5 Å². The minimum atomic E-state index is 0.103. The summed E-state index contributed by atoms with van der Waals surface area (Å²) in [5.74, 6) is 0.858. The highest BCUT2D eigenvalue weighted by atomic mass is 16.4. The molecule has 0 aliphatic heterocycles. The van der Waals surface area contributed by atoms with E-state index in [1.54, 1.807) is 18.5 Å². The number of nitrogens with zero attached hydrogens (tertiary/aromatic N) is 4. The third kappa shape index (κ3) is 2.18. The molecule has 3 N–H and O–H groups in total.